The largest absolute Gasteiger partial charge is 0.369 e. The van der Waals surface area contributed by atoms with Crippen LogP contribution < -0.4 is 10.2 Å². The van der Waals surface area contributed by atoms with Crippen molar-refractivity contribution in [1.82, 2.24) is 10.2 Å². The van der Waals surface area contributed by atoms with Crippen LogP contribution in [0.25, 0.3) is 0 Å². The van der Waals surface area contributed by atoms with Crippen molar-refractivity contribution in [3.63, 3.8) is 0 Å². The number of anilines is 1. The molecule has 0 aliphatic carbocycles. The highest BCUT2D eigenvalue weighted by Crippen LogP contribution is 2.20. The van der Waals surface area contributed by atoms with Crippen LogP contribution in [0.3, 0.4) is 0 Å². The molecule has 0 radical (unpaired) electrons. The van der Waals surface area contributed by atoms with Gasteiger partial charge in [-0.1, -0.05) is 47.5 Å². The summed E-state index contributed by atoms with van der Waals surface area (Å²) >= 11 is 6.08. The molecule has 0 unspecified atom stereocenters. The Morgan fingerprint density at radius 3 is 2.58 bits per heavy atom. The highest BCUT2D eigenvalue weighted by atomic mass is 35.5. The standard InChI is InChI=1S/C21H26ClN3O/c1-17-4-2-5-18(14-17)16-23-21(26)8-9-24-10-12-25(13-11-24)20-7-3-6-19(22)15-20/h2-7,14-15H,8-13,16H2,1H3,(H,23,26). The Morgan fingerprint density at radius 1 is 1.08 bits per heavy atom. The van der Waals surface area contributed by atoms with Crippen molar-refractivity contribution in [1.29, 1.82) is 0 Å². The zero-order valence-electron chi connectivity index (χ0n) is 15.2. The van der Waals surface area contributed by atoms with Crippen molar-refractivity contribution >= 4 is 23.2 Å². The molecule has 2 aromatic carbocycles. The van der Waals surface area contributed by atoms with Gasteiger partial charge in [0.15, 0.2) is 0 Å². The average molecular weight is 372 g/mol. The molecule has 1 heterocycles. The number of halogens is 1. The van der Waals surface area contributed by atoms with E-state index in [9.17, 15) is 4.79 Å². The summed E-state index contributed by atoms with van der Waals surface area (Å²) in [4.78, 5) is 16.8. The molecule has 1 aliphatic heterocycles. The summed E-state index contributed by atoms with van der Waals surface area (Å²) in [6, 6.07) is 16.2. The van der Waals surface area contributed by atoms with E-state index in [-0.39, 0.29) is 5.91 Å². The van der Waals surface area contributed by atoms with Crippen LogP contribution >= 0.6 is 11.6 Å². The number of aryl methyl sites for hydroxylation is 1. The topological polar surface area (TPSA) is 35.6 Å². The minimum Gasteiger partial charge on any atom is -0.369 e. The number of benzene rings is 2. The van der Waals surface area contributed by atoms with Gasteiger partial charge in [-0.05, 0) is 30.7 Å². The van der Waals surface area contributed by atoms with Gasteiger partial charge in [0.1, 0.15) is 0 Å². The number of carbonyl (C=O) groups excluding carboxylic acids is 1. The smallest absolute Gasteiger partial charge is 0.221 e. The van der Waals surface area contributed by atoms with Gasteiger partial charge in [0.2, 0.25) is 5.91 Å². The van der Waals surface area contributed by atoms with Crippen LogP contribution in [0.1, 0.15) is 17.5 Å². The van der Waals surface area contributed by atoms with Crippen LogP contribution in [0.15, 0.2) is 48.5 Å². The molecule has 1 saturated heterocycles. The lowest BCUT2D eigenvalue weighted by Gasteiger charge is -2.36. The second-order valence-corrected chi connectivity index (χ2v) is 7.26. The zero-order chi connectivity index (χ0) is 18.4. The summed E-state index contributed by atoms with van der Waals surface area (Å²) in [5, 5.41) is 3.79. The van der Waals surface area contributed by atoms with Crippen molar-refractivity contribution < 1.29 is 4.79 Å². The fourth-order valence-corrected chi connectivity index (χ4v) is 3.46. The minimum absolute atomic E-state index is 0.115. The molecule has 0 aromatic heterocycles. The molecule has 26 heavy (non-hydrogen) atoms. The summed E-state index contributed by atoms with van der Waals surface area (Å²) in [5.74, 6) is 0.115. The van der Waals surface area contributed by atoms with Crippen LogP contribution in [-0.4, -0.2) is 43.5 Å². The first kappa shape index (κ1) is 18.7. The third-order valence-electron chi connectivity index (χ3n) is 4.77. The van der Waals surface area contributed by atoms with Gasteiger partial charge in [0, 0.05) is 56.4 Å². The number of rotatable bonds is 6. The summed E-state index contributed by atoms with van der Waals surface area (Å²) in [6.07, 6.45) is 0.545. The first-order chi connectivity index (χ1) is 12.6. The van der Waals surface area contributed by atoms with E-state index in [1.807, 2.05) is 30.3 Å². The Labute approximate surface area is 160 Å². The predicted molar refractivity (Wildman–Crippen MR) is 108 cm³/mol. The Morgan fingerprint density at radius 2 is 1.85 bits per heavy atom. The van der Waals surface area contributed by atoms with E-state index in [1.165, 1.54) is 11.3 Å². The van der Waals surface area contributed by atoms with Gasteiger partial charge in [-0.3, -0.25) is 9.69 Å². The zero-order valence-corrected chi connectivity index (χ0v) is 16.0. The van der Waals surface area contributed by atoms with E-state index in [0.29, 0.717) is 13.0 Å². The molecular weight excluding hydrogens is 346 g/mol. The number of carbonyl (C=O) groups is 1. The number of nitrogens with zero attached hydrogens (tertiary/aromatic N) is 2. The first-order valence-electron chi connectivity index (χ1n) is 9.15. The lowest BCUT2D eigenvalue weighted by atomic mass is 10.1. The summed E-state index contributed by atoms with van der Waals surface area (Å²) in [5.41, 5.74) is 3.54. The van der Waals surface area contributed by atoms with E-state index in [1.54, 1.807) is 0 Å². The summed E-state index contributed by atoms with van der Waals surface area (Å²) < 4.78 is 0. The molecule has 1 N–H and O–H groups in total. The van der Waals surface area contributed by atoms with Crippen molar-refractivity contribution in [2.45, 2.75) is 19.9 Å². The van der Waals surface area contributed by atoms with Crippen molar-refractivity contribution in [2.24, 2.45) is 0 Å². The van der Waals surface area contributed by atoms with E-state index in [4.69, 9.17) is 11.6 Å². The average Bonchev–Trinajstić information content (AvgIpc) is 2.65. The van der Waals surface area contributed by atoms with Gasteiger partial charge in [-0.15, -0.1) is 0 Å². The maximum absolute atomic E-state index is 12.1. The lowest BCUT2D eigenvalue weighted by molar-refractivity contribution is -0.121. The Bertz CT molecular complexity index is 742. The van der Waals surface area contributed by atoms with Crippen LogP contribution in [0, 0.1) is 6.92 Å². The van der Waals surface area contributed by atoms with Gasteiger partial charge in [-0.25, -0.2) is 0 Å². The highest BCUT2D eigenvalue weighted by Gasteiger charge is 2.17. The van der Waals surface area contributed by atoms with Crippen molar-refractivity contribution in [3.05, 3.63) is 64.7 Å². The normalized spacial score (nSPS) is 15.1. The Hall–Kier alpha value is -2.04. The van der Waals surface area contributed by atoms with Crippen LogP contribution in [0.2, 0.25) is 5.02 Å². The Kier molecular flexibility index (Phi) is 6.53. The maximum atomic E-state index is 12.1. The van der Waals surface area contributed by atoms with Gasteiger partial charge >= 0.3 is 0 Å². The molecule has 0 spiro atoms. The first-order valence-corrected chi connectivity index (χ1v) is 9.53. The summed E-state index contributed by atoms with van der Waals surface area (Å²) in [7, 11) is 0. The third-order valence-corrected chi connectivity index (χ3v) is 5.01. The molecule has 5 heteroatoms. The SMILES string of the molecule is Cc1cccc(CNC(=O)CCN2CCN(c3cccc(Cl)c3)CC2)c1. The molecule has 1 fully saturated rings. The lowest BCUT2D eigenvalue weighted by Crippen LogP contribution is -2.47. The molecular formula is C21H26ClN3O. The van der Waals surface area contributed by atoms with Crippen molar-refractivity contribution in [2.75, 3.05) is 37.6 Å². The van der Waals surface area contributed by atoms with Crippen LogP contribution in [0.4, 0.5) is 5.69 Å². The van der Waals surface area contributed by atoms with Crippen molar-refractivity contribution in [3.8, 4) is 0 Å². The molecule has 0 atom stereocenters. The quantitative estimate of drug-likeness (QED) is 0.844. The van der Waals surface area contributed by atoms with Gasteiger partial charge in [0.25, 0.3) is 0 Å². The molecule has 3 rings (SSSR count). The van der Waals surface area contributed by atoms with Gasteiger partial charge < -0.3 is 10.2 Å². The number of piperazine rings is 1. The molecule has 1 aliphatic rings. The van der Waals surface area contributed by atoms with E-state index < -0.39 is 0 Å². The van der Waals surface area contributed by atoms with Gasteiger partial charge in [-0.2, -0.15) is 0 Å². The van der Waals surface area contributed by atoms with Crippen LogP contribution in [0.5, 0.6) is 0 Å². The number of nitrogens with one attached hydrogen (secondary N) is 1. The number of hydrogen-bond donors (Lipinski definition) is 1. The van der Waals surface area contributed by atoms with E-state index in [0.717, 1.165) is 43.3 Å². The fourth-order valence-electron chi connectivity index (χ4n) is 3.27. The fraction of sp³-hybridized carbons (Fsp3) is 0.381. The maximum Gasteiger partial charge on any atom is 0.221 e. The molecule has 138 valence electrons. The predicted octanol–water partition coefficient (Wildman–Crippen LogP) is 3.48. The molecule has 0 saturated carbocycles. The second-order valence-electron chi connectivity index (χ2n) is 6.82. The second kappa shape index (κ2) is 9.06. The summed E-state index contributed by atoms with van der Waals surface area (Å²) in [6.45, 7) is 7.34. The minimum atomic E-state index is 0.115. The number of amides is 1. The van der Waals surface area contributed by atoms with Gasteiger partial charge in [0.05, 0.1) is 0 Å². The molecule has 1 amide bonds. The van der Waals surface area contributed by atoms with Crippen LogP contribution in [-0.2, 0) is 11.3 Å². The number of hydrogen-bond acceptors (Lipinski definition) is 3. The van der Waals surface area contributed by atoms with E-state index >= 15 is 0 Å². The Balaban J connectivity index is 1.37. The molecule has 4 nitrogen and oxygen atoms in total. The third kappa shape index (κ3) is 5.48. The highest BCUT2D eigenvalue weighted by molar-refractivity contribution is 6.30. The molecule has 0 bridgehead atoms. The monoisotopic (exact) mass is 371 g/mol. The van der Waals surface area contributed by atoms with E-state index in [2.05, 4.69) is 40.2 Å². The molecule has 2 aromatic rings.